The fourth-order valence-corrected chi connectivity index (χ4v) is 2.11. The zero-order valence-corrected chi connectivity index (χ0v) is 9.53. The van der Waals surface area contributed by atoms with Gasteiger partial charge in [0.25, 0.3) is 0 Å². The molecule has 2 N–H and O–H groups in total. The number of hydrazine groups is 1. The molecule has 4 nitrogen and oxygen atoms in total. The molecular formula is C13H13N3O. The number of rotatable bonds is 2. The standard InChI is InChI=1S/C13H13N3O/c1-17-12-5-3-2-4-10(12)9-6-7-14-13-11(9)8-15-16-13/h2-7,15H,8H2,1H3,(H,14,16). The van der Waals surface area contributed by atoms with E-state index in [9.17, 15) is 0 Å². The van der Waals surface area contributed by atoms with Gasteiger partial charge in [0.2, 0.25) is 0 Å². The number of pyridine rings is 1. The topological polar surface area (TPSA) is 46.2 Å². The number of nitrogens with one attached hydrogen (secondary N) is 2. The second-order valence-corrected chi connectivity index (χ2v) is 3.86. The Morgan fingerprint density at radius 1 is 1.18 bits per heavy atom. The molecule has 17 heavy (non-hydrogen) atoms. The summed E-state index contributed by atoms with van der Waals surface area (Å²) >= 11 is 0. The first-order valence-electron chi connectivity index (χ1n) is 5.50. The van der Waals surface area contributed by atoms with Crippen molar-refractivity contribution < 1.29 is 4.74 Å². The highest BCUT2D eigenvalue weighted by molar-refractivity contribution is 5.77. The van der Waals surface area contributed by atoms with Crippen molar-refractivity contribution >= 4 is 5.82 Å². The van der Waals surface area contributed by atoms with Crippen molar-refractivity contribution in [2.45, 2.75) is 6.54 Å². The van der Waals surface area contributed by atoms with Crippen LogP contribution in [0.4, 0.5) is 5.82 Å². The Labute approximate surface area is 99.6 Å². The molecule has 1 aromatic carbocycles. The average Bonchev–Trinajstić information content (AvgIpc) is 2.86. The molecule has 2 heterocycles. The minimum atomic E-state index is 0.774. The maximum absolute atomic E-state index is 5.40. The number of hydrogen-bond acceptors (Lipinski definition) is 4. The molecule has 0 bridgehead atoms. The third-order valence-electron chi connectivity index (χ3n) is 2.92. The van der Waals surface area contributed by atoms with E-state index in [0.717, 1.165) is 29.2 Å². The van der Waals surface area contributed by atoms with Crippen molar-refractivity contribution in [3.05, 3.63) is 42.1 Å². The van der Waals surface area contributed by atoms with Crippen LogP contribution in [0.15, 0.2) is 36.5 Å². The molecule has 3 rings (SSSR count). The molecule has 2 aromatic rings. The highest BCUT2D eigenvalue weighted by Crippen LogP contribution is 2.35. The van der Waals surface area contributed by atoms with Gasteiger partial charge in [0, 0.05) is 23.9 Å². The fourth-order valence-electron chi connectivity index (χ4n) is 2.11. The van der Waals surface area contributed by atoms with Gasteiger partial charge in [0.05, 0.1) is 7.11 Å². The predicted octanol–water partition coefficient (Wildman–Crippen LogP) is 2.19. The summed E-state index contributed by atoms with van der Waals surface area (Å²) < 4.78 is 5.40. The Balaban J connectivity index is 2.19. The van der Waals surface area contributed by atoms with Crippen LogP contribution in [-0.4, -0.2) is 12.1 Å². The van der Waals surface area contributed by atoms with Crippen molar-refractivity contribution in [2.75, 3.05) is 12.5 Å². The van der Waals surface area contributed by atoms with Crippen LogP contribution < -0.4 is 15.6 Å². The largest absolute Gasteiger partial charge is 0.496 e. The first kappa shape index (κ1) is 10.1. The first-order chi connectivity index (χ1) is 8.40. The zero-order chi connectivity index (χ0) is 11.7. The molecule has 0 aliphatic carbocycles. The van der Waals surface area contributed by atoms with Crippen LogP contribution in [0, 0.1) is 0 Å². The summed E-state index contributed by atoms with van der Waals surface area (Å²) in [4.78, 5) is 4.29. The number of benzene rings is 1. The van der Waals surface area contributed by atoms with Crippen molar-refractivity contribution in [2.24, 2.45) is 0 Å². The molecule has 0 unspecified atom stereocenters. The van der Waals surface area contributed by atoms with Gasteiger partial charge in [-0.05, 0) is 17.7 Å². The summed E-state index contributed by atoms with van der Waals surface area (Å²) in [6.07, 6.45) is 1.81. The highest BCUT2D eigenvalue weighted by Gasteiger charge is 2.17. The van der Waals surface area contributed by atoms with Gasteiger partial charge in [0.15, 0.2) is 0 Å². The number of fused-ring (bicyclic) bond motifs is 1. The molecule has 0 fully saturated rings. The quantitative estimate of drug-likeness (QED) is 0.825. The van der Waals surface area contributed by atoms with E-state index in [1.165, 1.54) is 5.56 Å². The number of anilines is 1. The maximum Gasteiger partial charge on any atom is 0.145 e. The summed E-state index contributed by atoms with van der Waals surface area (Å²) in [6, 6.07) is 10.0. The minimum Gasteiger partial charge on any atom is -0.496 e. The lowest BCUT2D eigenvalue weighted by Gasteiger charge is -2.10. The Morgan fingerprint density at radius 3 is 2.94 bits per heavy atom. The van der Waals surface area contributed by atoms with Crippen LogP contribution in [0.25, 0.3) is 11.1 Å². The Bertz CT molecular complexity index is 554. The Morgan fingerprint density at radius 2 is 2.06 bits per heavy atom. The Hall–Kier alpha value is -2.07. The fraction of sp³-hybridized carbons (Fsp3) is 0.154. The number of nitrogens with zero attached hydrogens (tertiary/aromatic N) is 1. The number of aromatic nitrogens is 1. The van der Waals surface area contributed by atoms with Gasteiger partial charge in [-0.2, -0.15) is 0 Å². The maximum atomic E-state index is 5.40. The molecule has 4 heteroatoms. The molecule has 1 aromatic heterocycles. The van der Waals surface area contributed by atoms with Gasteiger partial charge >= 0.3 is 0 Å². The van der Waals surface area contributed by atoms with Crippen LogP contribution in [0.5, 0.6) is 5.75 Å². The summed E-state index contributed by atoms with van der Waals surface area (Å²) in [5.41, 5.74) is 9.56. The third kappa shape index (κ3) is 1.62. The molecule has 0 spiro atoms. The van der Waals surface area contributed by atoms with E-state index in [-0.39, 0.29) is 0 Å². The van der Waals surface area contributed by atoms with Crippen LogP contribution in [-0.2, 0) is 6.54 Å². The van der Waals surface area contributed by atoms with Crippen molar-refractivity contribution in [3.63, 3.8) is 0 Å². The van der Waals surface area contributed by atoms with E-state index in [1.807, 2.05) is 24.3 Å². The second-order valence-electron chi connectivity index (χ2n) is 3.86. The number of hydrogen-bond donors (Lipinski definition) is 2. The first-order valence-corrected chi connectivity index (χ1v) is 5.50. The van der Waals surface area contributed by atoms with Crippen molar-refractivity contribution in [3.8, 4) is 16.9 Å². The van der Waals surface area contributed by atoms with E-state index in [4.69, 9.17) is 4.74 Å². The molecule has 1 aliphatic rings. The van der Waals surface area contributed by atoms with E-state index in [0.29, 0.717) is 0 Å². The SMILES string of the molecule is COc1ccccc1-c1ccnc2c1CNN2. The summed E-state index contributed by atoms with van der Waals surface area (Å²) in [5.74, 6) is 1.78. The van der Waals surface area contributed by atoms with Crippen LogP contribution in [0.1, 0.15) is 5.56 Å². The lowest BCUT2D eigenvalue weighted by molar-refractivity contribution is 0.416. The monoisotopic (exact) mass is 227 g/mol. The van der Waals surface area contributed by atoms with Gasteiger partial charge in [-0.3, -0.25) is 0 Å². The smallest absolute Gasteiger partial charge is 0.145 e. The normalized spacial score (nSPS) is 13.0. The van der Waals surface area contributed by atoms with Gasteiger partial charge in [-0.25, -0.2) is 10.4 Å². The van der Waals surface area contributed by atoms with Gasteiger partial charge in [-0.15, -0.1) is 0 Å². The van der Waals surface area contributed by atoms with Gasteiger partial charge in [0.1, 0.15) is 11.6 Å². The lowest BCUT2D eigenvalue weighted by Crippen LogP contribution is -2.11. The van der Waals surface area contributed by atoms with E-state index < -0.39 is 0 Å². The Kier molecular flexibility index (Phi) is 2.42. The van der Waals surface area contributed by atoms with E-state index in [1.54, 1.807) is 13.3 Å². The number of para-hydroxylation sites is 1. The van der Waals surface area contributed by atoms with Crippen molar-refractivity contribution in [1.29, 1.82) is 0 Å². The summed E-state index contributed by atoms with van der Waals surface area (Å²) in [5, 5.41) is 0. The molecule has 0 saturated heterocycles. The third-order valence-corrected chi connectivity index (χ3v) is 2.92. The van der Waals surface area contributed by atoms with Crippen LogP contribution in [0.3, 0.4) is 0 Å². The number of methoxy groups -OCH3 is 1. The number of ether oxygens (including phenoxy) is 1. The molecular weight excluding hydrogens is 214 g/mol. The minimum absolute atomic E-state index is 0.774. The molecule has 0 amide bonds. The average molecular weight is 227 g/mol. The second kappa shape index (κ2) is 4.07. The van der Waals surface area contributed by atoms with Crippen molar-refractivity contribution in [1.82, 2.24) is 10.4 Å². The predicted molar refractivity (Wildman–Crippen MR) is 66.7 cm³/mol. The molecule has 0 saturated carbocycles. The van der Waals surface area contributed by atoms with Crippen LogP contribution >= 0.6 is 0 Å². The van der Waals surface area contributed by atoms with E-state index in [2.05, 4.69) is 21.9 Å². The van der Waals surface area contributed by atoms with Gasteiger partial charge in [-0.1, -0.05) is 18.2 Å². The molecule has 86 valence electrons. The zero-order valence-electron chi connectivity index (χ0n) is 9.53. The van der Waals surface area contributed by atoms with Crippen LogP contribution in [0.2, 0.25) is 0 Å². The summed E-state index contributed by atoms with van der Waals surface area (Å²) in [7, 11) is 1.69. The van der Waals surface area contributed by atoms with E-state index >= 15 is 0 Å². The molecule has 0 radical (unpaired) electrons. The lowest BCUT2D eigenvalue weighted by atomic mass is 10.0. The van der Waals surface area contributed by atoms with Gasteiger partial charge < -0.3 is 10.2 Å². The molecule has 0 atom stereocenters. The highest BCUT2D eigenvalue weighted by atomic mass is 16.5. The summed E-state index contributed by atoms with van der Waals surface area (Å²) in [6.45, 7) is 0.774. The molecule has 1 aliphatic heterocycles.